The van der Waals surface area contributed by atoms with Crippen molar-refractivity contribution < 1.29 is 4.74 Å². The molecule has 0 bridgehead atoms. The molecule has 0 spiro atoms. The zero-order chi connectivity index (χ0) is 24.5. The van der Waals surface area contributed by atoms with Crippen molar-refractivity contribution in [1.82, 2.24) is 14.9 Å². The highest BCUT2D eigenvalue weighted by Gasteiger charge is 2.42. The molecular weight excluding hydrogens is 488 g/mol. The molecule has 7 heteroatoms. The molecule has 6 rings (SSSR count). The van der Waals surface area contributed by atoms with Gasteiger partial charge < -0.3 is 19.5 Å². The molecule has 2 aliphatic rings. The number of pyridine rings is 1. The zero-order valence-corrected chi connectivity index (χ0v) is 21.3. The first kappa shape index (κ1) is 23.1. The van der Waals surface area contributed by atoms with Crippen LogP contribution in [-0.2, 0) is 0 Å². The van der Waals surface area contributed by atoms with E-state index in [9.17, 15) is 0 Å². The number of nitrogens with zero attached hydrogens (tertiary/aromatic N) is 3. The summed E-state index contributed by atoms with van der Waals surface area (Å²) in [5, 5.41) is 4.91. The Hall–Kier alpha value is -3.35. The molecule has 36 heavy (non-hydrogen) atoms. The lowest BCUT2D eigenvalue weighted by atomic mass is 10.0. The van der Waals surface area contributed by atoms with Crippen LogP contribution in [0.25, 0.3) is 5.69 Å². The third-order valence-electron chi connectivity index (χ3n) is 6.99. The number of thiocarbonyl (C=S) groups is 1. The van der Waals surface area contributed by atoms with E-state index in [2.05, 4.69) is 68.4 Å². The molecule has 0 radical (unpaired) electrons. The van der Waals surface area contributed by atoms with Crippen LogP contribution in [-0.4, -0.2) is 20.8 Å². The molecular formula is C29H27ClN4OS. The average molecular weight is 515 g/mol. The highest BCUT2D eigenvalue weighted by molar-refractivity contribution is 7.80. The van der Waals surface area contributed by atoms with E-state index in [1.165, 1.54) is 12.8 Å². The maximum absolute atomic E-state index is 6.34. The van der Waals surface area contributed by atoms with Crippen molar-refractivity contribution in [1.29, 1.82) is 0 Å². The Labute approximate surface area is 221 Å². The molecule has 1 aliphatic heterocycles. The van der Waals surface area contributed by atoms with Crippen molar-refractivity contribution in [3.8, 4) is 11.4 Å². The number of halogens is 1. The topological polar surface area (TPSA) is 42.3 Å². The lowest BCUT2D eigenvalue weighted by Gasteiger charge is -2.29. The molecule has 1 aliphatic carbocycles. The van der Waals surface area contributed by atoms with Crippen molar-refractivity contribution in [2.24, 2.45) is 0 Å². The van der Waals surface area contributed by atoms with E-state index in [-0.39, 0.29) is 12.1 Å². The van der Waals surface area contributed by atoms with Gasteiger partial charge in [-0.1, -0.05) is 23.7 Å². The van der Waals surface area contributed by atoms with Gasteiger partial charge in [0.25, 0.3) is 0 Å². The van der Waals surface area contributed by atoms with Crippen LogP contribution in [0.1, 0.15) is 49.2 Å². The van der Waals surface area contributed by atoms with Gasteiger partial charge in [0.05, 0.1) is 17.8 Å². The fourth-order valence-corrected chi connectivity index (χ4v) is 5.84. The molecule has 1 N–H and O–H groups in total. The Balaban J connectivity index is 1.40. The van der Waals surface area contributed by atoms with Crippen LogP contribution in [0.2, 0.25) is 5.02 Å². The number of aromatic nitrogens is 2. The summed E-state index contributed by atoms with van der Waals surface area (Å²) in [6, 6.07) is 26.1. The molecule has 1 saturated heterocycles. The van der Waals surface area contributed by atoms with Crippen LogP contribution in [0.3, 0.4) is 0 Å². The predicted molar refractivity (Wildman–Crippen MR) is 148 cm³/mol. The fraction of sp³-hybridized carbons (Fsp3) is 0.241. The molecule has 2 atom stereocenters. The highest BCUT2D eigenvalue weighted by Crippen LogP contribution is 2.42. The summed E-state index contributed by atoms with van der Waals surface area (Å²) in [6.45, 7) is 0. The molecule has 5 nitrogen and oxygen atoms in total. The van der Waals surface area contributed by atoms with Crippen LogP contribution in [0.15, 0.2) is 91.3 Å². The van der Waals surface area contributed by atoms with Crippen molar-refractivity contribution in [2.75, 3.05) is 4.90 Å². The maximum Gasteiger partial charge on any atom is 0.174 e. The van der Waals surface area contributed by atoms with E-state index >= 15 is 0 Å². The molecule has 0 unspecified atom stereocenters. The number of benzene rings is 2. The third kappa shape index (κ3) is 4.47. The van der Waals surface area contributed by atoms with Gasteiger partial charge in [-0.15, -0.1) is 0 Å². The predicted octanol–water partition coefficient (Wildman–Crippen LogP) is 7.02. The van der Waals surface area contributed by atoms with Crippen molar-refractivity contribution in [3.05, 3.63) is 108 Å². The number of hydrogen-bond donors (Lipinski definition) is 1. The van der Waals surface area contributed by atoms with Gasteiger partial charge in [0.1, 0.15) is 11.8 Å². The zero-order valence-electron chi connectivity index (χ0n) is 19.8. The largest absolute Gasteiger partial charge is 0.490 e. The highest BCUT2D eigenvalue weighted by atomic mass is 35.5. The summed E-state index contributed by atoms with van der Waals surface area (Å²) in [4.78, 5) is 6.86. The van der Waals surface area contributed by atoms with Crippen LogP contribution < -0.4 is 15.0 Å². The number of anilines is 1. The Morgan fingerprint density at radius 1 is 0.917 bits per heavy atom. The summed E-state index contributed by atoms with van der Waals surface area (Å²) < 4.78 is 8.38. The minimum Gasteiger partial charge on any atom is -0.490 e. The number of ether oxygens (including phenoxy) is 1. The molecule has 1 saturated carbocycles. The second-order valence-electron chi connectivity index (χ2n) is 9.30. The molecule has 2 aromatic heterocycles. The quantitative estimate of drug-likeness (QED) is 0.280. The van der Waals surface area contributed by atoms with Gasteiger partial charge >= 0.3 is 0 Å². The lowest BCUT2D eigenvalue weighted by molar-refractivity contribution is 0.210. The first-order chi connectivity index (χ1) is 17.7. The number of nitrogens with one attached hydrogen (secondary N) is 1. The van der Waals surface area contributed by atoms with Gasteiger partial charge in [0.2, 0.25) is 0 Å². The summed E-state index contributed by atoms with van der Waals surface area (Å²) in [6.07, 6.45) is 8.98. The van der Waals surface area contributed by atoms with Crippen LogP contribution in [0, 0.1) is 0 Å². The number of rotatable bonds is 6. The van der Waals surface area contributed by atoms with Gasteiger partial charge in [-0.05, 0) is 105 Å². The fourth-order valence-electron chi connectivity index (χ4n) is 5.31. The van der Waals surface area contributed by atoms with Crippen LogP contribution in [0.5, 0.6) is 5.75 Å². The van der Waals surface area contributed by atoms with Crippen molar-refractivity contribution in [2.45, 2.75) is 43.9 Å². The molecule has 4 aromatic rings. The van der Waals surface area contributed by atoms with E-state index < -0.39 is 0 Å². The first-order valence-corrected chi connectivity index (χ1v) is 13.2. The molecule has 3 heterocycles. The standard InChI is InChI=1S/C29H27ClN4OS/c30-20-7-5-8-22(19-20)33-18-6-12-26(33)28-27(25-11-3-4-17-31-25)32-29(36)34(28)21-13-15-24(16-14-21)35-23-9-1-2-10-23/h3-8,11-19,23,27-28H,1-2,9-10H2,(H,32,36)/t27-,28-/m0/s1. The summed E-state index contributed by atoms with van der Waals surface area (Å²) in [7, 11) is 0. The average Bonchev–Trinajstić information content (AvgIpc) is 3.65. The monoisotopic (exact) mass is 514 g/mol. The van der Waals surface area contributed by atoms with E-state index in [4.69, 9.17) is 28.6 Å². The molecule has 0 amide bonds. The van der Waals surface area contributed by atoms with Gasteiger partial charge in [0.15, 0.2) is 5.11 Å². The van der Waals surface area contributed by atoms with E-state index in [0.717, 1.165) is 41.4 Å². The van der Waals surface area contributed by atoms with Crippen molar-refractivity contribution in [3.63, 3.8) is 0 Å². The molecule has 2 fully saturated rings. The summed E-state index contributed by atoms with van der Waals surface area (Å²) in [5.41, 5.74) is 4.04. The lowest BCUT2D eigenvalue weighted by Crippen LogP contribution is -2.30. The smallest absolute Gasteiger partial charge is 0.174 e. The van der Waals surface area contributed by atoms with E-state index in [1.807, 2.05) is 42.6 Å². The molecule has 182 valence electrons. The second-order valence-corrected chi connectivity index (χ2v) is 10.1. The summed E-state index contributed by atoms with van der Waals surface area (Å²) in [5.74, 6) is 0.906. The maximum atomic E-state index is 6.34. The minimum atomic E-state index is -0.124. The van der Waals surface area contributed by atoms with Gasteiger partial charge in [-0.25, -0.2) is 0 Å². The SMILES string of the molecule is S=C1N[C@@H](c2ccccn2)[C@H](c2cccn2-c2cccc(Cl)c2)N1c1ccc(OC2CCCC2)cc1. The van der Waals surface area contributed by atoms with Gasteiger partial charge in [0, 0.05) is 34.5 Å². The Morgan fingerprint density at radius 3 is 2.50 bits per heavy atom. The Kier molecular flexibility index (Phi) is 6.38. The number of hydrogen-bond acceptors (Lipinski definition) is 3. The normalized spacial score (nSPS) is 20.0. The van der Waals surface area contributed by atoms with E-state index in [1.54, 1.807) is 0 Å². The molecule has 2 aromatic carbocycles. The van der Waals surface area contributed by atoms with Crippen LogP contribution >= 0.6 is 23.8 Å². The van der Waals surface area contributed by atoms with Gasteiger partial charge in [-0.2, -0.15) is 0 Å². The second kappa shape index (κ2) is 9.96. The minimum absolute atomic E-state index is 0.122. The Morgan fingerprint density at radius 2 is 1.75 bits per heavy atom. The van der Waals surface area contributed by atoms with Crippen molar-refractivity contribution >= 4 is 34.6 Å². The first-order valence-electron chi connectivity index (χ1n) is 12.4. The van der Waals surface area contributed by atoms with Gasteiger partial charge in [-0.3, -0.25) is 4.98 Å². The third-order valence-corrected chi connectivity index (χ3v) is 7.54. The summed E-state index contributed by atoms with van der Waals surface area (Å²) >= 11 is 12.2. The Bertz CT molecular complexity index is 1350. The van der Waals surface area contributed by atoms with Crippen LogP contribution in [0.4, 0.5) is 5.69 Å². The van der Waals surface area contributed by atoms with E-state index in [0.29, 0.717) is 16.2 Å².